The predicted molar refractivity (Wildman–Crippen MR) is 120 cm³/mol. The molecular formula is C24H26N2O3S. The Balaban J connectivity index is 1.84. The van der Waals surface area contributed by atoms with Gasteiger partial charge in [-0.25, -0.2) is 8.42 Å². The number of anilines is 1. The van der Waals surface area contributed by atoms with Gasteiger partial charge in [0, 0.05) is 24.3 Å². The smallest absolute Gasteiger partial charge is 0.255 e. The van der Waals surface area contributed by atoms with Crippen LogP contribution in [0.5, 0.6) is 0 Å². The normalized spacial score (nSPS) is 11.6. The minimum atomic E-state index is -3.66. The van der Waals surface area contributed by atoms with Gasteiger partial charge in [-0.3, -0.25) is 4.79 Å². The maximum atomic E-state index is 12.9. The number of carbonyl (C=O) groups excluding carboxylic acids is 1. The number of rotatable bonds is 7. The third-order valence-electron chi connectivity index (χ3n) is 5.00. The average molecular weight is 423 g/mol. The Kier molecular flexibility index (Phi) is 6.70. The average Bonchev–Trinajstić information content (AvgIpc) is 2.75. The molecule has 0 aliphatic rings. The van der Waals surface area contributed by atoms with Crippen molar-refractivity contribution in [3.05, 3.63) is 95.6 Å². The Hall–Kier alpha value is -2.96. The molecule has 3 rings (SSSR count). The number of nitrogens with one attached hydrogen (secondary N) is 1. The lowest BCUT2D eigenvalue weighted by Gasteiger charge is -2.21. The molecule has 0 heterocycles. The zero-order chi connectivity index (χ0) is 21.7. The van der Waals surface area contributed by atoms with Gasteiger partial charge >= 0.3 is 0 Å². The van der Waals surface area contributed by atoms with Crippen LogP contribution in [0.4, 0.5) is 5.69 Å². The fourth-order valence-corrected chi connectivity index (χ4v) is 4.46. The van der Waals surface area contributed by atoms with E-state index in [4.69, 9.17) is 0 Å². The van der Waals surface area contributed by atoms with Crippen LogP contribution < -0.4 is 5.32 Å². The van der Waals surface area contributed by atoms with Crippen molar-refractivity contribution in [3.8, 4) is 0 Å². The molecule has 1 amide bonds. The SMILES string of the molecule is CC(C)N(C)S(=O)(=O)c1cccc(C(=O)Nc2ccccc2Cc2ccccc2)c1. The molecule has 1 N–H and O–H groups in total. The van der Waals surface area contributed by atoms with Gasteiger partial charge in [-0.05, 0) is 55.7 Å². The minimum absolute atomic E-state index is 0.101. The van der Waals surface area contributed by atoms with Crippen molar-refractivity contribution in [3.63, 3.8) is 0 Å². The highest BCUT2D eigenvalue weighted by molar-refractivity contribution is 7.89. The first-order chi connectivity index (χ1) is 14.3. The molecule has 156 valence electrons. The summed E-state index contributed by atoms with van der Waals surface area (Å²) in [5.74, 6) is -0.347. The Morgan fingerprint density at radius 3 is 2.30 bits per heavy atom. The van der Waals surface area contributed by atoms with Crippen LogP contribution in [0.15, 0.2) is 83.8 Å². The van der Waals surface area contributed by atoms with Crippen LogP contribution in [-0.4, -0.2) is 31.7 Å². The molecule has 0 unspecified atom stereocenters. The van der Waals surface area contributed by atoms with Crippen LogP contribution in [0.25, 0.3) is 0 Å². The lowest BCUT2D eigenvalue weighted by molar-refractivity contribution is 0.102. The molecule has 0 atom stereocenters. The quantitative estimate of drug-likeness (QED) is 0.607. The van der Waals surface area contributed by atoms with Crippen LogP contribution >= 0.6 is 0 Å². The molecule has 0 spiro atoms. The Morgan fingerprint density at radius 1 is 0.933 bits per heavy atom. The van der Waals surface area contributed by atoms with E-state index in [0.29, 0.717) is 17.7 Å². The fraction of sp³-hybridized carbons (Fsp3) is 0.208. The van der Waals surface area contributed by atoms with Crippen LogP contribution in [0.3, 0.4) is 0 Å². The van der Waals surface area contributed by atoms with Gasteiger partial charge in [-0.1, -0.05) is 54.6 Å². The van der Waals surface area contributed by atoms with E-state index < -0.39 is 10.0 Å². The van der Waals surface area contributed by atoms with Crippen LogP contribution in [-0.2, 0) is 16.4 Å². The van der Waals surface area contributed by atoms with Gasteiger partial charge in [0.2, 0.25) is 10.0 Å². The molecule has 0 saturated heterocycles. The molecule has 0 aliphatic heterocycles. The van der Waals surface area contributed by atoms with E-state index in [-0.39, 0.29) is 16.8 Å². The minimum Gasteiger partial charge on any atom is -0.322 e. The summed E-state index contributed by atoms with van der Waals surface area (Å²) in [7, 11) is -2.13. The molecule has 5 nitrogen and oxygen atoms in total. The maximum absolute atomic E-state index is 12.9. The monoisotopic (exact) mass is 422 g/mol. The van der Waals surface area contributed by atoms with Crippen LogP contribution in [0.1, 0.15) is 35.3 Å². The van der Waals surface area contributed by atoms with E-state index in [1.54, 1.807) is 26.0 Å². The van der Waals surface area contributed by atoms with Crippen LogP contribution in [0, 0.1) is 0 Å². The van der Waals surface area contributed by atoms with E-state index in [2.05, 4.69) is 5.32 Å². The van der Waals surface area contributed by atoms with E-state index >= 15 is 0 Å². The molecule has 3 aromatic carbocycles. The molecule has 0 fully saturated rings. The van der Waals surface area contributed by atoms with Crippen molar-refractivity contribution in [1.82, 2.24) is 4.31 Å². The Bertz CT molecular complexity index is 1130. The summed E-state index contributed by atoms with van der Waals surface area (Å²) in [6.07, 6.45) is 0.685. The highest BCUT2D eigenvalue weighted by Crippen LogP contribution is 2.22. The lowest BCUT2D eigenvalue weighted by Crippen LogP contribution is -2.33. The number of hydrogen-bond acceptors (Lipinski definition) is 3. The first-order valence-electron chi connectivity index (χ1n) is 9.80. The second-order valence-electron chi connectivity index (χ2n) is 7.42. The number of sulfonamides is 1. The molecule has 0 bridgehead atoms. The molecule has 30 heavy (non-hydrogen) atoms. The second kappa shape index (κ2) is 9.24. The number of carbonyl (C=O) groups is 1. The summed E-state index contributed by atoms with van der Waals surface area (Å²) in [4.78, 5) is 13.0. The van der Waals surface area contributed by atoms with E-state index in [0.717, 1.165) is 11.1 Å². The van der Waals surface area contributed by atoms with Crippen molar-refractivity contribution < 1.29 is 13.2 Å². The molecule has 6 heteroatoms. The predicted octanol–water partition coefficient (Wildman–Crippen LogP) is 4.56. The van der Waals surface area contributed by atoms with Gasteiger partial charge < -0.3 is 5.32 Å². The van der Waals surface area contributed by atoms with Crippen molar-refractivity contribution in [1.29, 1.82) is 0 Å². The third-order valence-corrected chi connectivity index (χ3v) is 7.03. The highest BCUT2D eigenvalue weighted by Gasteiger charge is 2.24. The zero-order valence-electron chi connectivity index (χ0n) is 17.4. The Labute approximate surface area is 178 Å². The Morgan fingerprint density at radius 2 is 1.60 bits per heavy atom. The molecule has 0 saturated carbocycles. The van der Waals surface area contributed by atoms with Crippen molar-refractivity contribution in [2.45, 2.75) is 31.2 Å². The fourth-order valence-electron chi connectivity index (χ4n) is 3.05. The second-order valence-corrected chi connectivity index (χ2v) is 9.41. The summed E-state index contributed by atoms with van der Waals surface area (Å²) < 4.78 is 26.8. The lowest BCUT2D eigenvalue weighted by atomic mass is 10.0. The van der Waals surface area contributed by atoms with Gasteiger partial charge in [0.05, 0.1) is 4.90 Å². The van der Waals surface area contributed by atoms with E-state index in [9.17, 15) is 13.2 Å². The number of benzene rings is 3. The number of amides is 1. The molecule has 0 aromatic heterocycles. The summed E-state index contributed by atoms with van der Waals surface area (Å²) in [5, 5.41) is 2.93. The molecule has 0 aliphatic carbocycles. The van der Waals surface area contributed by atoms with E-state index in [1.807, 2.05) is 54.6 Å². The summed E-state index contributed by atoms with van der Waals surface area (Å²) in [5.41, 5.74) is 3.13. The summed E-state index contributed by atoms with van der Waals surface area (Å²) in [6, 6.07) is 23.6. The molecule has 3 aromatic rings. The standard InChI is InChI=1S/C24H26N2O3S/c1-18(2)26(3)30(28,29)22-14-9-13-21(17-22)24(27)25-23-15-8-7-12-20(23)16-19-10-5-4-6-11-19/h4-15,17-18H,16H2,1-3H3,(H,25,27). The maximum Gasteiger partial charge on any atom is 0.255 e. The van der Waals surface area contributed by atoms with Crippen molar-refractivity contribution in [2.24, 2.45) is 0 Å². The third kappa shape index (κ3) is 4.96. The van der Waals surface area contributed by atoms with Gasteiger partial charge in [0.25, 0.3) is 5.91 Å². The summed E-state index contributed by atoms with van der Waals surface area (Å²) in [6.45, 7) is 3.61. The number of hydrogen-bond donors (Lipinski definition) is 1. The van der Waals surface area contributed by atoms with E-state index in [1.165, 1.54) is 23.5 Å². The van der Waals surface area contributed by atoms with Crippen molar-refractivity contribution in [2.75, 3.05) is 12.4 Å². The largest absolute Gasteiger partial charge is 0.322 e. The molecule has 0 radical (unpaired) electrons. The van der Waals surface area contributed by atoms with Gasteiger partial charge in [-0.15, -0.1) is 0 Å². The van der Waals surface area contributed by atoms with Crippen molar-refractivity contribution >= 4 is 21.6 Å². The highest BCUT2D eigenvalue weighted by atomic mass is 32.2. The number of nitrogens with zero attached hydrogens (tertiary/aromatic N) is 1. The molecular weight excluding hydrogens is 396 g/mol. The topological polar surface area (TPSA) is 66.5 Å². The zero-order valence-corrected chi connectivity index (χ0v) is 18.2. The summed E-state index contributed by atoms with van der Waals surface area (Å²) >= 11 is 0. The number of para-hydroxylation sites is 1. The first-order valence-corrected chi connectivity index (χ1v) is 11.2. The van der Waals surface area contributed by atoms with Crippen LogP contribution in [0.2, 0.25) is 0 Å². The van der Waals surface area contributed by atoms with Gasteiger partial charge in [0.15, 0.2) is 0 Å². The van der Waals surface area contributed by atoms with Gasteiger partial charge in [0.1, 0.15) is 0 Å². The van der Waals surface area contributed by atoms with Gasteiger partial charge in [-0.2, -0.15) is 4.31 Å². The first kappa shape index (κ1) is 21.7.